The highest BCUT2D eigenvalue weighted by Crippen LogP contribution is 2.38. The molecule has 1 saturated heterocycles. The molecule has 0 saturated carbocycles. The van der Waals surface area contributed by atoms with Crippen LogP contribution in [-0.2, 0) is 33.0 Å². The fourth-order valence-electron chi connectivity index (χ4n) is 4.33. The maximum absolute atomic E-state index is 13.2. The Balaban J connectivity index is 1.47. The van der Waals surface area contributed by atoms with E-state index in [0.29, 0.717) is 37.8 Å². The minimum absolute atomic E-state index is 0.115. The third-order valence-corrected chi connectivity index (χ3v) is 5.78. The third kappa shape index (κ3) is 4.33. The van der Waals surface area contributed by atoms with E-state index in [1.807, 2.05) is 42.5 Å². The van der Waals surface area contributed by atoms with Gasteiger partial charge in [-0.25, -0.2) is 9.59 Å². The van der Waals surface area contributed by atoms with Gasteiger partial charge in [0.05, 0.1) is 0 Å². The fraction of sp³-hybridized carbons (Fsp3) is 0.348. The molecule has 0 spiro atoms. The molecule has 2 aliphatic rings. The quantitative estimate of drug-likeness (QED) is 0.563. The molecule has 2 aromatic rings. The summed E-state index contributed by atoms with van der Waals surface area (Å²) >= 11 is 0. The number of nitrogens with zero attached hydrogens (tertiary/aromatic N) is 1. The minimum Gasteiger partial charge on any atom is -0.450 e. The topological polar surface area (TPSA) is 105 Å². The molecule has 8 nitrogen and oxygen atoms in total. The van der Waals surface area contributed by atoms with Gasteiger partial charge in [-0.1, -0.05) is 54.6 Å². The Labute approximate surface area is 179 Å². The van der Waals surface area contributed by atoms with Gasteiger partial charge in [-0.3, -0.25) is 9.69 Å². The molecule has 2 aromatic carbocycles. The number of aryl methyl sites for hydroxylation is 1. The van der Waals surface area contributed by atoms with E-state index in [1.165, 1.54) is 4.90 Å². The fourth-order valence-corrected chi connectivity index (χ4v) is 4.33. The summed E-state index contributed by atoms with van der Waals surface area (Å²) in [4.78, 5) is 38.6. The predicted octanol–water partition coefficient (Wildman–Crippen LogP) is 3.40. The van der Waals surface area contributed by atoms with Crippen LogP contribution in [0.1, 0.15) is 36.0 Å². The van der Waals surface area contributed by atoms with Crippen LogP contribution in [0.15, 0.2) is 54.6 Å². The number of hydrogen-bond donors (Lipinski definition) is 2. The van der Waals surface area contributed by atoms with Crippen molar-refractivity contribution in [3.63, 3.8) is 0 Å². The van der Waals surface area contributed by atoms with Crippen LogP contribution in [0.4, 0.5) is 9.59 Å². The van der Waals surface area contributed by atoms with Gasteiger partial charge in [-0.05, 0) is 30.4 Å². The number of ether oxygens (including phenoxy) is 2. The second kappa shape index (κ2) is 8.67. The lowest BCUT2D eigenvalue weighted by Gasteiger charge is -2.32. The summed E-state index contributed by atoms with van der Waals surface area (Å²) in [6.07, 6.45) is -0.0322. The predicted molar refractivity (Wildman–Crippen MR) is 110 cm³/mol. The van der Waals surface area contributed by atoms with Gasteiger partial charge in [0.2, 0.25) is 11.6 Å². The first kappa shape index (κ1) is 20.7. The Bertz CT molecular complexity index is 979. The largest absolute Gasteiger partial charge is 0.508 e. The highest BCUT2D eigenvalue weighted by atomic mass is 16.7. The molecule has 2 atom stereocenters. The SMILES string of the molecule is O=C(O)OC1(NC(=O)[C@@H]2CCCN2C(=O)OCc2ccccc2)CCc2ccccc21. The van der Waals surface area contributed by atoms with E-state index in [1.54, 1.807) is 12.1 Å². The molecule has 2 amide bonds. The van der Waals surface area contributed by atoms with Crippen molar-refractivity contribution in [3.05, 3.63) is 71.3 Å². The van der Waals surface area contributed by atoms with E-state index in [4.69, 9.17) is 9.47 Å². The number of likely N-dealkylation sites (tertiary alicyclic amines) is 1. The summed E-state index contributed by atoms with van der Waals surface area (Å²) in [7, 11) is 0. The summed E-state index contributed by atoms with van der Waals surface area (Å²) in [5.41, 5.74) is 0.950. The highest BCUT2D eigenvalue weighted by Gasteiger charge is 2.46. The van der Waals surface area contributed by atoms with Crippen molar-refractivity contribution in [2.75, 3.05) is 6.54 Å². The number of hydrogen-bond acceptors (Lipinski definition) is 5. The highest BCUT2D eigenvalue weighted by molar-refractivity contribution is 5.87. The third-order valence-electron chi connectivity index (χ3n) is 5.78. The summed E-state index contributed by atoms with van der Waals surface area (Å²) in [5.74, 6) is -0.452. The lowest BCUT2D eigenvalue weighted by molar-refractivity contribution is -0.135. The molecule has 0 radical (unpaired) electrons. The van der Waals surface area contributed by atoms with E-state index < -0.39 is 29.9 Å². The molecular weight excluding hydrogens is 400 g/mol. The second-order valence-electron chi connectivity index (χ2n) is 7.73. The number of fused-ring (bicyclic) bond motifs is 1. The molecule has 1 heterocycles. The number of carboxylic acid groups (broad SMARTS) is 1. The van der Waals surface area contributed by atoms with E-state index in [-0.39, 0.29) is 6.61 Å². The molecule has 0 aromatic heterocycles. The van der Waals surface area contributed by atoms with Gasteiger partial charge >= 0.3 is 12.2 Å². The van der Waals surface area contributed by atoms with Crippen molar-refractivity contribution in [2.24, 2.45) is 0 Å². The molecule has 1 fully saturated rings. The van der Waals surface area contributed by atoms with Crippen LogP contribution >= 0.6 is 0 Å². The summed E-state index contributed by atoms with van der Waals surface area (Å²) < 4.78 is 10.6. The van der Waals surface area contributed by atoms with Crippen molar-refractivity contribution in [3.8, 4) is 0 Å². The standard InChI is InChI=1S/C23H24N2O6/c26-20(24-23(31-22(28)29)13-12-17-9-4-5-10-18(17)23)19-11-6-14-25(19)21(27)30-15-16-7-2-1-3-8-16/h1-5,7-10,19H,6,11-15H2,(H,24,26)(H,28,29)/t19-,23?/m0/s1. The monoisotopic (exact) mass is 424 g/mol. The number of rotatable bonds is 5. The number of benzene rings is 2. The first-order valence-corrected chi connectivity index (χ1v) is 10.3. The van der Waals surface area contributed by atoms with E-state index >= 15 is 0 Å². The Hall–Kier alpha value is -3.55. The Morgan fingerprint density at radius 2 is 1.84 bits per heavy atom. The second-order valence-corrected chi connectivity index (χ2v) is 7.73. The van der Waals surface area contributed by atoms with Crippen LogP contribution in [0.2, 0.25) is 0 Å². The van der Waals surface area contributed by atoms with Gasteiger partial charge in [0, 0.05) is 18.5 Å². The van der Waals surface area contributed by atoms with Crippen LogP contribution in [0.3, 0.4) is 0 Å². The number of nitrogens with one attached hydrogen (secondary N) is 1. The summed E-state index contributed by atoms with van der Waals surface area (Å²) in [6, 6.07) is 15.8. The zero-order chi connectivity index (χ0) is 21.8. The van der Waals surface area contributed by atoms with Crippen LogP contribution in [0.25, 0.3) is 0 Å². The molecule has 2 N–H and O–H groups in total. The first-order chi connectivity index (χ1) is 15.0. The normalized spacial score (nSPS) is 21.9. The van der Waals surface area contributed by atoms with Crippen molar-refractivity contribution in [1.82, 2.24) is 10.2 Å². The summed E-state index contributed by atoms with van der Waals surface area (Å²) in [5, 5.41) is 12.1. The van der Waals surface area contributed by atoms with Crippen molar-refractivity contribution in [1.29, 1.82) is 0 Å². The van der Waals surface area contributed by atoms with Gasteiger partial charge < -0.3 is 19.9 Å². The molecule has 1 unspecified atom stereocenters. The van der Waals surface area contributed by atoms with E-state index in [9.17, 15) is 19.5 Å². The number of carbonyl (C=O) groups excluding carboxylic acids is 2. The maximum Gasteiger partial charge on any atom is 0.508 e. The van der Waals surface area contributed by atoms with Crippen LogP contribution < -0.4 is 5.32 Å². The zero-order valence-electron chi connectivity index (χ0n) is 17.0. The molecule has 4 rings (SSSR count). The van der Waals surface area contributed by atoms with Crippen LogP contribution in [-0.4, -0.2) is 40.7 Å². The molecule has 8 heteroatoms. The molecular formula is C23H24N2O6. The van der Waals surface area contributed by atoms with Crippen molar-refractivity contribution in [2.45, 2.75) is 44.1 Å². The van der Waals surface area contributed by atoms with Gasteiger partial charge in [-0.2, -0.15) is 0 Å². The maximum atomic E-state index is 13.2. The minimum atomic E-state index is -1.47. The first-order valence-electron chi connectivity index (χ1n) is 10.3. The number of amides is 2. The molecule has 0 bridgehead atoms. The van der Waals surface area contributed by atoms with Gasteiger partial charge in [0.25, 0.3) is 0 Å². The van der Waals surface area contributed by atoms with E-state index in [0.717, 1.165) is 11.1 Å². The van der Waals surface area contributed by atoms with Crippen LogP contribution in [0.5, 0.6) is 0 Å². The number of carbonyl (C=O) groups is 3. The molecule has 1 aliphatic carbocycles. The Morgan fingerprint density at radius 3 is 2.61 bits per heavy atom. The Kier molecular flexibility index (Phi) is 5.79. The average Bonchev–Trinajstić information content (AvgIpc) is 3.39. The lowest BCUT2D eigenvalue weighted by atomic mass is 10.0. The van der Waals surface area contributed by atoms with Gasteiger partial charge in [0.1, 0.15) is 12.6 Å². The lowest BCUT2D eigenvalue weighted by Crippen LogP contribution is -2.54. The van der Waals surface area contributed by atoms with Gasteiger partial charge in [-0.15, -0.1) is 0 Å². The zero-order valence-corrected chi connectivity index (χ0v) is 17.0. The average molecular weight is 424 g/mol. The van der Waals surface area contributed by atoms with E-state index in [2.05, 4.69) is 5.32 Å². The van der Waals surface area contributed by atoms with Crippen LogP contribution in [0, 0.1) is 0 Å². The molecule has 1 aliphatic heterocycles. The summed E-state index contributed by atoms with van der Waals surface area (Å²) in [6.45, 7) is 0.513. The smallest absolute Gasteiger partial charge is 0.450 e. The Morgan fingerprint density at radius 1 is 1.10 bits per heavy atom. The van der Waals surface area contributed by atoms with Gasteiger partial charge in [0.15, 0.2) is 0 Å². The van der Waals surface area contributed by atoms with Crippen molar-refractivity contribution < 1.29 is 29.0 Å². The molecule has 31 heavy (non-hydrogen) atoms. The van der Waals surface area contributed by atoms with Crippen molar-refractivity contribution >= 4 is 18.2 Å². The molecule has 162 valence electrons.